The lowest BCUT2D eigenvalue weighted by molar-refractivity contribution is -0.119. The number of carbonyl (C=O) groups is 1. The largest absolute Gasteiger partial charge is 0.316 e. The van der Waals surface area contributed by atoms with Crippen LogP contribution in [0.2, 0.25) is 0 Å². The third kappa shape index (κ3) is 1.27. The van der Waals surface area contributed by atoms with Gasteiger partial charge in [-0.2, -0.15) is 0 Å². The van der Waals surface area contributed by atoms with Crippen LogP contribution in [0, 0.1) is 0 Å². The molecule has 0 saturated carbocycles. The first-order valence-electron chi connectivity index (χ1n) is 4.12. The monoisotopic (exact) mass is 103 g/mol. The fourth-order valence-electron chi connectivity index (χ4n) is 0.411. The Bertz CT molecular complexity index is 173. The van der Waals surface area contributed by atoms with Crippen LogP contribution in [0.3, 0.4) is 0 Å². The first kappa shape index (κ1) is 1.86. The zero-order chi connectivity index (χ0) is 8.70. The summed E-state index contributed by atoms with van der Waals surface area (Å²) in [6.45, 7) is -0.184. The van der Waals surface area contributed by atoms with E-state index in [4.69, 9.17) is 5.48 Å². The van der Waals surface area contributed by atoms with Crippen molar-refractivity contribution in [3.63, 3.8) is 0 Å². The van der Waals surface area contributed by atoms with Crippen molar-refractivity contribution in [2.75, 3.05) is 13.1 Å². The lowest BCUT2D eigenvalue weighted by atomic mass is 10.1. The predicted octanol–water partition coefficient (Wildman–Crippen LogP) is -0.0611. The molecule has 1 aliphatic heterocycles. The molecule has 1 fully saturated rings. The summed E-state index contributed by atoms with van der Waals surface area (Å²) in [5, 5.41) is 2.52. The van der Waals surface area contributed by atoms with Crippen molar-refractivity contribution in [1.82, 2.24) is 5.32 Å². The van der Waals surface area contributed by atoms with Crippen LogP contribution in [0.5, 0.6) is 0 Å². The van der Waals surface area contributed by atoms with E-state index in [1.54, 1.807) is 0 Å². The molecule has 0 radical (unpaired) electrons. The van der Waals surface area contributed by atoms with Gasteiger partial charge in [-0.1, -0.05) is 0 Å². The lowest BCUT2D eigenvalue weighted by Crippen LogP contribution is -2.27. The summed E-state index contributed by atoms with van der Waals surface area (Å²) in [6.07, 6.45) is -4.11. The summed E-state index contributed by atoms with van der Waals surface area (Å²) >= 11 is 0. The second-order valence-electron chi connectivity index (χ2n) is 1.29. The first-order chi connectivity index (χ1) is 4.86. The number of Topliss-reactive ketones (excluding diaryl/α,β-unsaturated/α-hetero) is 1. The average Bonchev–Trinajstić information content (AvgIpc) is 1.82. The summed E-state index contributed by atoms with van der Waals surface area (Å²) in [5.74, 6) is -0.955. The molecule has 1 heterocycles. The molecular weight excluding hydrogens is 90.1 g/mol. The van der Waals surface area contributed by atoms with E-state index in [1.807, 2.05) is 0 Å². The molecular formula is C5H9NO. The zero-order valence-corrected chi connectivity index (χ0v) is 3.82. The molecule has 0 aromatic carbocycles. The molecule has 2 heteroatoms. The maximum Gasteiger partial charge on any atom is 0.135 e. The maximum atomic E-state index is 11.0. The number of ketones is 1. The molecule has 2 nitrogen and oxygen atoms in total. The molecule has 1 N–H and O–H groups in total. The number of piperidine rings is 1. The third-order valence-electron chi connectivity index (χ3n) is 0.748. The number of nitrogens with one attached hydrogen (secondary N) is 1. The average molecular weight is 103 g/mol. The van der Waals surface area contributed by atoms with Crippen LogP contribution in [0.15, 0.2) is 0 Å². The molecule has 0 aromatic rings. The quantitative estimate of drug-likeness (QED) is 0.465. The van der Waals surface area contributed by atoms with E-state index < -0.39 is 18.5 Å². The Morgan fingerprint density at radius 2 is 2.14 bits per heavy atom. The lowest BCUT2D eigenvalue weighted by Gasteiger charge is -2.08. The van der Waals surface area contributed by atoms with Crippen LogP contribution in [-0.4, -0.2) is 18.9 Å². The van der Waals surface area contributed by atoms with E-state index >= 15 is 0 Å². The van der Waals surface area contributed by atoms with E-state index in [1.165, 1.54) is 0 Å². The zero-order valence-electron chi connectivity index (χ0n) is 7.82. The topological polar surface area (TPSA) is 29.1 Å². The van der Waals surface area contributed by atoms with E-state index in [0.29, 0.717) is 0 Å². The molecule has 1 rings (SSSR count). The molecule has 7 heavy (non-hydrogen) atoms. The number of carbonyl (C=O) groups excluding carboxylic acids is 1. The van der Waals surface area contributed by atoms with Crippen LogP contribution >= 0.6 is 0 Å². The minimum atomic E-state index is -2.05. The van der Waals surface area contributed by atoms with Gasteiger partial charge in [0.1, 0.15) is 5.78 Å². The first-order valence-corrected chi connectivity index (χ1v) is 2.12. The van der Waals surface area contributed by atoms with Crippen LogP contribution in [-0.2, 0) is 4.79 Å². The summed E-state index contributed by atoms with van der Waals surface area (Å²) in [6, 6.07) is 0. The standard InChI is InChI=1S/C5H9NO/c7-5-1-3-6-4-2-5/h6H,1-4H2/i1D2,2D2. The second-order valence-corrected chi connectivity index (χ2v) is 1.29. The number of rotatable bonds is 0. The fourth-order valence-corrected chi connectivity index (χ4v) is 0.411. The van der Waals surface area contributed by atoms with Crippen LogP contribution in [0.25, 0.3) is 0 Å². The Morgan fingerprint density at radius 3 is 2.57 bits per heavy atom. The minimum absolute atomic E-state index is 0.0919. The van der Waals surface area contributed by atoms with Crippen molar-refractivity contribution in [1.29, 1.82) is 0 Å². The summed E-state index contributed by atoms with van der Waals surface area (Å²) in [7, 11) is 0. The molecule has 0 amide bonds. The maximum absolute atomic E-state index is 11.0. The van der Waals surface area contributed by atoms with Crippen molar-refractivity contribution in [3.8, 4) is 0 Å². The summed E-state index contributed by atoms with van der Waals surface area (Å²) in [5.41, 5.74) is 0. The van der Waals surface area contributed by atoms with E-state index in [0.717, 1.165) is 0 Å². The smallest absolute Gasteiger partial charge is 0.135 e. The molecule has 40 valence electrons. The third-order valence-corrected chi connectivity index (χ3v) is 0.748. The molecule has 1 aliphatic rings. The Hall–Kier alpha value is -0.370. The number of hydrogen-bond acceptors (Lipinski definition) is 2. The van der Waals surface area contributed by atoms with Crippen molar-refractivity contribution in [3.05, 3.63) is 0 Å². The molecule has 0 atom stereocenters. The van der Waals surface area contributed by atoms with Gasteiger partial charge in [-0.25, -0.2) is 0 Å². The Balaban J connectivity index is 2.85. The molecule has 0 spiro atoms. The van der Waals surface area contributed by atoms with Gasteiger partial charge >= 0.3 is 0 Å². The Kier molecular flexibility index (Phi) is 0.551. The summed E-state index contributed by atoms with van der Waals surface area (Å²) < 4.78 is 28.4. The normalized spacial score (nSPS) is 45.4. The number of hydrogen-bond donors (Lipinski definition) is 1. The Morgan fingerprint density at radius 1 is 1.57 bits per heavy atom. The van der Waals surface area contributed by atoms with Gasteiger partial charge in [-0.3, -0.25) is 4.79 Å². The van der Waals surface area contributed by atoms with Crippen LogP contribution in [0.4, 0.5) is 0 Å². The van der Waals surface area contributed by atoms with Crippen molar-refractivity contribution < 1.29 is 10.3 Å². The van der Waals surface area contributed by atoms with Crippen molar-refractivity contribution in [2.24, 2.45) is 0 Å². The summed E-state index contributed by atoms with van der Waals surface area (Å²) in [4.78, 5) is 11.0. The van der Waals surface area contributed by atoms with E-state index in [9.17, 15) is 4.79 Å². The van der Waals surface area contributed by atoms with Gasteiger partial charge in [0.05, 0.1) is 0 Å². The predicted molar refractivity (Wildman–Crippen MR) is 27.1 cm³/mol. The SMILES string of the molecule is [2H]C1([2H])CNCC([2H])([2H])C1=O. The molecule has 1 saturated heterocycles. The highest BCUT2D eigenvalue weighted by atomic mass is 16.1. The van der Waals surface area contributed by atoms with Crippen LogP contribution < -0.4 is 5.32 Å². The van der Waals surface area contributed by atoms with Gasteiger partial charge in [-0.05, 0) is 0 Å². The molecule has 0 aromatic heterocycles. The van der Waals surface area contributed by atoms with E-state index in [-0.39, 0.29) is 13.1 Å². The Labute approximate surface area is 48.5 Å². The van der Waals surface area contributed by atoms with Crippen molar-refractivity contribution in [2.45, 2.75) is 12.7 Å². The highest BCUT2D eigenvalue weighted by Gasteiger charge is 2.04. The van der Waals surface area contributed by atoms with E-state index in [2.05, 4.69) is 5.32 Å². The second kappa shape index (κ2) is 2.07. The van der Waals surface area contributed by atoms with Gasteiger partial charge in [0.2, 0.25) is 0 Å². The molecule has 0 bridgehead atoms. The van der Waals surface area contributed by atoms with Crippen LogP contribution in [0.1, 0.15) is 18.2 Å². The molecule has 0 aliphatic carbocycles. The highest BCUT2D eigenvalue weighted by molar-refractivity contribution is 5.79. The van der Waals surface area contributed by atoms with Gasteiger partial charge < -0.3 is 5.32 Å². The van der Waals surface area contributed by atoms with Gasteiger partial charge in [0.15, 0.2) is 0 Å². The minimum Gasteiger partial charge on any atom is -0.316 e. The van der Waals surface area contributed by atoms with Gasteiger partial charge in [0, 0.05) is 31.3 Å². The van der Waals surface area contributed by atoms with Gasteiger partial charge in [0.25, 0.3) is 0 Å². The molecule has 0 unspecified atom stereocenters. The van der Waals surface area contributed by atoms with Gasteiger partial charge in [-0.15, -0.1) is 0 Å². The van der Waals surface area contributed by atoms with Crippen molar-refractivity contribution >= 4 is 5.78 Å². The highest BCUT2D eigenvalue weighted by Crippen LogP contribution is 1.91. The fraction of sp³-hybridized carbons (Fsp3) is 0.800.